The van der Waals surface area contributed by atoms with Crippen molar-refractivity contribution in [1.29, 1.82) is 0 Å². The van der Waals surface area contributed by atoms with E-state index in [1.165, 1.54) is 308 Å². The Morgan fingerprint density at radius 3 is 0.649 bits per heavy atom. The van der Waals surface area contributed by atoms with E-state index in [1.54, 1.807) is 0 Å². The van der Waals surface area contributed by atoms with Crippen LogP contribution in [0, 0.1) is 0 Å². The fourth-order valence-electron chi connectivity index (χ4n) is 11.0. The molecule has 0 spiro atoms. The largest absolute Gasteiger partial charge is 0.462 e. The molecule has 0 aliphatic heterocycles. The molecule has 0 aromatic heterocycles. The lowest BCUT2D eigenvalue weighted by atomic mass is 10.0. The highest BCUT2D eigenvalue weighted by molar-refractivity contribution is 5.71. The highest BCUT2D eigenvalue weighted by atomic mass is 16.6. The first-order valence-electron chi connectivity index (χ1n) is 35.2. The quantitative estimate of drug-likeness (QED) is 0.0261. The number of unbranched alkanes of at least 4 members (excludes halogenated alkanes) is 53. The number of ether oxygens (including phenoxy) is 3. The molecule has 0 saturated heterocycles. The van der Waals surface area contributed by atoms with Gasteiger partial charge in [0.05, 0.1) is 0 Å². The van der Waals surface area contributed by atoms with E-state index in [2.05, 4.69) is 32.9 Å². The standard InChI is InChI=1S/C71H136O6/c1-4-7-10-13-16-19-22-25-27-29-31-33-35-37-38-40-42-44-46-49-52-55-58-61-64-70(73)76-67-68(66-75-69(72)63-60-57-54-51-48-24-21-18-15-12-9-6-3)77-71(74)65-62-59-56-53-50-47-45-43-41-39-36-34-32-30-28-26-23-20-17-14-11-8-5-2/h30,32,68H,4-29,31,33-67H2,1-3H3/b32-30-. The molecule has 6 heteroatoms. The molecule has 0 bridgehead atoms. The molecule has 0 saturated carbocycles. The average Bonchev–Trinajstić information content (AvgIpc) is 3.43. The van der Waals surface area contributed by atoms with Crippen LogP contribution >= 0.6 is 0 Å². The van der Waals surface area contributed by atoms with Gasteiger partial charge in [-0.05, 0) is 44.9 Å². The average molecular weight is 1090 g/mol. The van der Waals surface area contributed by atoms with Crippen LogP contribution in [0.25, 0.3) is 0 Å². The first-order valence-corrected chi connectivity index (χ1v) is 35.2. The Bertz CT molecular complexity index is 1200. The molecule has 6 nitrogen and oxygen atoms in total. The van der Waals surface area contributed by atoms with Gasteiger partial charge in [0.1, 0.15) is 13.2 Å². The maximum absolute atomic E-state index is 12.9. The summed E-state index contributed by atoms with van der Waals surface area (Å²) in [5.41, 5.74) is 0. The zero-order valence-electron chi connectivity index (χ0n) is 52.5. The van der Waals surface area contributed by atoms with Gasteiger partial charge in [0, 0.05) is 19.3 Å². The first-order chi connectivity index (χ1) is 38.0. The second-order valence-electron chi connectivity index (χ2n) is 24.2. The highest BCUT2D eigenvalue weighted by Crippen LogP contribution is 2.19. The minimum atomic E-state index is -0.766. The summed E-state index contributed by atoms with van der Waals surface area (Å²) >= 11 is 0. The van der Waals surface area contributed by atoms with Crippen LogP contribution in [0.2, 0.25) is 0 Å². The molecule has 0 heterocycles. The summed E-state index contributed by atoms with van der Waals surface area (Å²) in [4.78, 5) is 38.4. The van der Waals surface area contributed by atoms with Crippen LogP contribution in [-0.4, -0.2) is 37.2 Å². The van der Waals surface area contributed by atoms with E-state index in [9.17, 15) is 14.4 Å². The molecule has 77 heavy (non-hydrogen) atoms. The van der Waals surface area contributed by atoms with E-state index in [0.29, 0.717) is 19.3 Å². The zero-order valence-corrected chi connectivity index (χ0v) is 52.5. The van der Waals surface area contributed by atoms with E-state index in [0.717, 1.165) is 57.8 Å². The second kappa shape index (κ2) is 66.7. The monoisotopic (exact) mass is 1090 g/mol. The number of rotatable bonds is 66. The summed E-state index contributed by atoms with van der Waals surface area (Å²) in [6, 6.07) is 0. The molecule has 0 amide bonds. The van der Waals surface area contributed by atoms with Gasteiger partial charge in [0.2, 0.25) is 0 Å². The minimum Gasteiger partial charge on any atom is -0.462 e. The van der Waals surface area contributed by atoms with Gasteiger partial charge >= 0.3 is 17.9 Å². The van der Waals surface area contributed by atoms with Crippen molar-refractivity contribution in [3.63, 3.8) is 0 Å². The first kappa shape index (κ1) is 75.2. The molecule has 0 fully saturated rings. The predicted molar refractivity (Wildman–Crippen MR) is 335 cm³/mol. The van der Waals surface area contributed by atoms with Gasteiger partial charge in [-0.2, -0.15) is 0 Å². The van der Waals surface area contributed by atoms with Crippen molar-refractivity contribution in [1.82, 2.24) is 0 Å². The summed E-state index contributed by atoms with van der Waals surface area (Å²) in [6.07, 6.45) is 79.6. The smallest absolute Gasteiger partial charge is 0.306 e. The number of esters is 3. The van der Waals surface area contributed by atoms with Crippen molar-refractivity contribution in [2.75, 3.05) is 13.2 Å². The van der Waals surface area contributed by atoms with Crippen LogP contribution in [0.15, 0.2) is 12.2 Å². The van der Waals surface area contributed by atoms with Crippen molar-refractivity contribution < 1.29 is 28.6 Å². The van der Waals surface area contributed by atoms with Gasteiger partial charge in [-0.1, -0.05) is 354 Å². The van der Waals surface area contributed by atoms with Crippen LogP contribution < -0.4 is 0 Å². The van der Waals surface area contributed by atoms with Crippen molar-refractivity contribution >= 4 is 17.9 Å². The van der Waals surface area contributed by atoms with Crippen LogP contribution in [0.4, 0.5) is 0 Å². The molecule has 0 aliphatic carbocycles. The Hall–Kier alpha value is -1.85. The van der Waals surface area contributed by atoms with E-state index < -0.39 is 6.10 Å². The molecule has 0 N–H and O–H groups in total. The van der Waals surface area contributed by atoms with Gasteiger partial charge in [-0.15, -0.1) is 0 Å². The van der Waals surface area contributed by atoms with Gasteiger partial charge in [-0.3, -0.25) is 14.4 Å². The summed E-state index contributed by atoms with van der Waals surface area (Å²) < 4.78 is 17.0. The van der Waals surface area contributed by atoms with Crippen molar-refractivity contribution in [3.8, 4) is 0 Å². The lowest BCUT2D eigenvalue weighted by molar-refractivity contribution is -0.167. The van der Waals surface area contributed by atoms with Crippen molar-refractivity contribution in [2.24, 2.45) is 0 Å². The number of carbonyl (C=O) groups excluding carboxylic acids is 3. The normalized spacial score (nSPS) is 12.0. The SMILES string of the molecule is CCCCCCCCCC/C=C\CCCCCCCCCCCCCC(=O)OC(COC(=O)CCCCCCCCCCCCCC)COC(=O)CCCCCCCCCCCCCCCCCCCCCCCCCC. The molecule has 1 atom stereocenters. The Kier molecular flexibility index (Phi) is 65.1. The Balaban J connectivity index is 4.19. The summed E-state index contributed by atoms with van der Waals surface area (Å²) in [5, 5.41) is 0. The summed E-state index contributed by atoms with van der Waals surface area (Å²) in [6.45, 7) is 6.72. The van der Waals surface area contributed by atoms with Gasteiger partial charge in [-0.25, -0.2) is 0 Å². The van der Waals surface area contributed by atoms with Crippen LogP contribution in [0.3, 0.4) is 0 Å². The van der Waals surface area contributed by atoms with Crippen LogP contribution in [0.5, 0.6) is 0 Å². The van der Waals surface area contributed by atoms with E-state index in [1.807, 2.05) is 0 Å². The topological polar surface area (TPSA) is 78.9 Å². The molecule has 456 valence electrons. The third-order valence-electron chi connectivity index (χ3n) is 16.3. The molecule has 0 radical (unpaired) electrons. The van der Waals surface area contributed by atoms with Crippen LogP contribution in [0.1, 0.15) is 406 Å². The molecule has 0 aromatic rings. The lowest BCUT2D eigenvalue weighted by Gasteiger charge is -2.18. The highest BCUT2D eigenvalue weighted by Gasteiger charge is 2.19. The molecule has 0 rings (SSSR count). The molecular formula is C71H136O6. The fraction of sp³-hybridized carbons (Fsp3) is 0.930. The fourth-order valence-corrected chi connectivity index (χ4v) is 11.0. The van der Waals surface area contributed by atoms with E-state index >= 15 is 0 Å². The Morgan fingerprint density at radius 2 is 0.429 bits per heavy atom. The van der Waals surface area contributed by atoms with E-state index in [4.69, 9.17) is 14.2 Å². The summed E-state index contributed by atoms with van der Waals surface area (Å²) in [5.74, 6) is -0.830. The second-order valence-corrected chi connectivity index (χ2v) is 24.2. The third kappa shape index (κ3) is 64.9. The van der Waals surface area contributed by atoms with Gasteiger partial charge in [0.25, 0.3) is 0 Å². The molecule has 0 aromatic carbocycles. The van der Waals surface area contributed by atoms with Gasteiger partial charge < -0.3 is 14.2 Å². The number of carbonyl (C=O) groups is 3. The predicted octanol–water partition coefficient (Wildman–Crippen LogP) is 24.0. The van der Waals surface area contributed by atoms with Crippen molar-refractivity contribution in [2.45, 2.75) is 412 Å². The van der Waals surface area contributed by atoms with Crippen LogP contribution in [-0.2, 0) is 28.6 Å². The number of allylic oxidation sites excluding steroid dienone is 2. The zero-order chi connectivity index (χ0) is 55.7. The minimum absolute atomic E-state index is 0.0632. The molecular weight excluding hydrogens is 949 g/mol. The van der Waals surface area contributed by atoms with Gasteiger partial charge in [0.15, 0.2) is 6.10 Å². The lowest BCUT2D eigenvalue weighted by Crippen LogP contribution is -2.30. The van der Waals surface area contributed by atoms with Crippen molar-refractivity contribution in [3.05, 3.63) is 12.2 Å². The number of hydrogen-bond acceptors (Lipinski definition) is 6. The Morgan fingerprint density at radius 1 is 0.247 bits per heavy atom. The Labute approximate surface area is 481 Å². The van der Waals surface area contributed by atoms with E-state index in [-0.39, 0.29) is 31.1 Å². The maximum Gasteiger partial charge on any atom is 0.306 e. The third-order valence-corrected chi connectivity index (χ3v) is 16.3. The molecule has 0 aliphatic rings. The molecule has 1 unspecified atom stereocenters. The number of hydrogen-bond donors (Lipinski definition) is 0. The summed E-state index contributed by atoms with van der Waals surface area (Å²) in [7, 11) is 0. The maximum atomic E-state index is 12.9.